The predicted molar refractivity (Wildman–Crippen MR) is 60.5 cm³/mol. The number of hydrogen-bond donors (Lipinski definition) is 1. The third kappa shape index (κ3) is 3.97. The lowest BCUT2D eigenvalue weighted by Crippen LogP contribution is -2.43. The maximum atomic E-state index is 5.66. The monoisotopic (exact) mass is 199 g/mol. The van der Waals surface area contributed by atoms with Gasteiger partial charge >= 0.3 is 0 Å². The van der Waals surface area contributed by atoms with Gasteiger partial charge in [0.25, 0.3) is 0 Å². The van der Waals surface area contributed by atoms with E-state index in [1.54, 1.807) is 0 Å². The Bertz CT molecular complexity index is 164. The third-order valence-electron chi connectivity index (χ3n) is 2.96. The Morgan fingerprint density at radius 2 is 2.00 bits per heavy atom. The van der Waals surface area contributed by atoms with Crippen LogP contribution in [0, 0.1) is 5.92 Å². The first kappa shape index (κ1) is 12.0. The van der Waals surface area contributed by atoms with Crippen molar-refractivity contribution < 1.29 is 4.74 Å². The molecule has 2 heteroatoms. The summed E-state index contributed by atoms with van der Waals surface area (Å²) in [6, 6.07) is 0.717. The van der Waals surface area contributed by atoms with Crippen molar-refractivity contribution in [2.45, 2.75) is 58.6 Å². The third-order valence-corrected chi connectivity index (χ3v) is 2.96. The van der Waals surface area contributed by atoms with Crippen LogP contribution in [0.2, 0.25) is 0 Å². The minimum absolute atomic E-state index is 0.0168. The van der Waals surface area contributed by atoms with Gasteiger partial charge in [0.2, 0.25) is 0 Å². The minimum atomic E-state index is -0.0168. The van der Waals surface area contributed by atoms with Gasteiger partial charge < -0.3 is 10.1 Å². The van der Waals surface area contributed by atoms with E-state index in [9.17, 15) is 0 Å². The van der Waals surface area contributed by atoms with Crippen molar-refractivity contribution in [3.05, 3.63) is 0 Å². The van der Waals surface area contributed by atoms with Crippen LogP contribution in [-0.4, -0.2) is 24.8 Å². The normalized spacial score (nSPS) is 19.7. The standard InChI is InChI=1S/C12H25NO/c1-5-11(10-7-8-10)13-9-12(3,4)14-6-2/h10-11,13H,5-9H2,1-4H3. The van der Waals surface area contributed by atoms with E-state index in [1.165, 1.54) is 19.3 Å². The molecule has 1 N–H and O–H groups in total. The Kier molecular flexibility index (Phi) is 4.39. The van der Waals surface area contributed by atoms with E-state index in [0.29, 0.717) is 0 Å². The highest BCUT2D eigenvalue weighted by Crippen LogP contribution is 2.34. The number of nitrogens with one attached hydrogen (secondary N) is 1. The van der Waals surface area contributed by atoms with Crippen molar-refractivity contribution in [3.63, 3.8) is 0 Å². The van der Waals surface area contributed by atoms with Crippen molar-refractivity contribution in [2.75, 3.05) is 13.2 Å². The second kappa shape index (κ2) is 5.13. The van der Waals surface area contributed by atoms with Crippen LogP contribution in [0.25, 0.3) is 0 Å². The Labute approximate surface area is 88.4 Å². The maximum Gasteiger partial charge on any atom is 0.0750 e. The predicted octanol–water partition coefficient (Wildman–Crippen LogP) is 2.58. The molecule has 0 amide bonds. The molecule has 0 bridgehead atoms. The molecule has 0 aromatic rings. The molecule has 1 saturated carbocycles. The molecule has 14 heavy (non-hydrogen) atoms. The zero-order valence-electron chi connectivity index (χ0n) is 10.1. The molecule has 0 spiro atoms. The van der Waals surface area contributed by atoms with E-state index < -0.39 is 0 Å². The summed E-state index contributed by atoms with van der Waals surface area (Å²) in [4.78, 5) is 0. The van der Waals surface area contributed by atoms with Gasteiger partial charge in [-0.2, -0.15) is 0 Å². The molecule has 1 fully saturated rings. The van der Waals surface area contributed by atoms with Gasteiger partial charge in [0, 0.05) is 19.2 Å². The second-order valence-electron chi connectivity index (χ2n) is 4.93. The SMILES string of the molecule is CCOC(C)(C)CNC(CC)C1CC1. The molecule has 1 unspecified atom stereocenters. The molecule has 0 aromatic heterocycles. The van der Waals surface area contributed by atoms with Crippen LogP contribution in [0.15, 0.2) is 0 Å². The topological polar surface area (TPSA) is 21.3 Å². The van der Waals surface area contributed by atoms with Crippen LogP contribution in [0.3, 0.4) is 0 Å². The van der Waals surface area contributed by atoms with Crippen LogP contribution >= 0.6 is 0 Å². The average molecular weight is 199 g/mol. The fraction of sp³-hybridized carbons (Fsp3) is 1.00. The lowest BCUT2D eigenvalue weighted by molar-refractivity contribution is -0.0111. The first-order valence-corrected chi connectivity index (χ1v) is 5.96. The summed E-state index contributed by atoms with van der Waals surface area (Å²) in [7, 11) is 0. The van der Waals surface area contributed by atoms with E-state index in [2.05, 4.69) is 33.0 Å². The molecule has 0 saturated heterocycles. The van der Waals surface area contributed by atoms with E-state index in [0.717, 1.165) is 25.1 Å². The largest absolute Gasteiger partial charge is 0.375 e. The molecule has 1 atom stereocenters. The molecular weight excluding hydrogens is 174 g/mol. The van der Waals surface area contributed by atoms with Gasteiger partial charge in [0.15, 0.2) is 0 Å². The molecule has 84 valence electrons. The Balaban J connectivity index is 2.22. The summed E-state index contributed by atoms with van der Waals surface area (Å²) in [5.74, 6) is 0.942. The van der Waals surface area contributed by atoms with Gasteiger partial charge in [0.05, 0.1) is 5.60 Å². The molecule has 0 aromatic carbocycles. The number of rotatable bonds is 7. The summed E-state index contributed by atoms with van der Waals surface area (Å²) in [6.45, 7) is 10.4. The Hall–Kier alpha value is -0.0800. The Morgan fingerprint density at radius 3 is 2.43 bits per heavy atom. The zero-order valence-corrected chi connectivity index (χ0v) is 10.1. The first-order valence-electron chi connectivity index (χ1n) is 5.96. The quantitative estimate of drug-likeness (QED) is 0.680. The van der Waals surface area contributed by atoms with Crippen molar-refractivity contribution in [3.8, 4) is 0 Å². The van der Waals surface area contributed by atoms with Crippen molar-refractivity contribution in [1.82, 2.24) is 5.32 Å². The number of hydrogen-bond acceptors (Lipinski definition) is 2. The molecule has 1 aliphatic rings. The molecular formula is C12H25NO. The van der Waals surface area contributed by atoms with E-state index in [-0.39, 0.29) is 5.60 Å². The van der Waals surface area contributed by atoms with Crippen molar-refractivity contribution in [1.29, 1.82) is 0 Å². The van der Waals surface area contributed by atoms with Crippen LogP contribution in [0.1, 0.15) is 47.0 Å². The van der Waals surface area contributed by atoms with Crippen LogP contribution < -0.4 is 5.32 Å². The van der Waals surface area contributed by atoms with E-state index >= 15 is 0 Å². The smallest absolute Gasteiger partial charge is 0.0750 e. The van der Waals surface area contributed by atoms with Crippen molar-refractivity contribution in [2.24, 2.45) is 5.92 Å². The highest BCUT2D eigenvalue weighted by atomic mass is 16.5. The highest BCUT2D eigenvalue weighted by molar-refractivity contribution is 4.87. The molecule has 0 aliphatic heterocycles. The van der Waals surface area contributed by atoms with E-state index in [1.807, 2.05) is 0 Å². The second-order valence-corrected chi connectivity index (χ2v) is 4.93. The first-order chi connectivity index (χ1) is 6.59. The fourth-order valence-corrected chi connectivity index (χ4v) is 1.96. The Morgan fingerprint density at radius 1 is 1.36 bits per heavy atom. The lowest BCUT2D eigenvalue weighted by atomic mass is 10.1. The minimum Gasteiger partial charge on any atom is -0.375 e. The fourth-order valence-electron chi connectivity index (χ4n) is 1.96. The van der Waals surface area contributed by atoms with Gasteiger partial charge in [-0.25, -0.2) is 0 Å². The summed E-state index contributed by atoms with van der Waals surface area (Å²) >= 11 is 0. The van der Waals surface area contributed by atoms with Gasteiger partial charge in [-0.05, 0) is 46.0 Å². The summed E-state index contributed by atoms with van der Waals surface area (Å²) in [5.41, 5.74) is -0.0168. The molecule has 0 radical (unpaired) electrons. The van der Waals surface area contributed by atoms with Crippen LogP contribution in [0.5, 0.6) is 0 Å². The molecule has 1 aliphatic carbocycles. The summed E-state index contributed by atoms with van der Waals surface area (Å²) < 4.78 is 5.66. The van der Waals surface area contributed by atoms with Gasteiger partial charge in [-0.3, -0.25) is 0 Å². The zero-order chi connectivity index (χ0) is 10.6. The maximum absolute atomic E-state index is 5.66. The van der Waals surface area contributed by atoms with Crippen LogP contribution in [0.4, 0.5) is 0 Å². The van der Waals surface area contributed by atoms with Gasteiger partial charge in [-0.1, -0.05) is 6.92 Å². The summed E-state index contributed by atoms with van der Waals surface area (Å²) in [5, 5.41) is 3.63. The number of ether oxygens (including phenoxy) is 1. The van der Waals surface area contributed by atoms with E-state index in [4.69, 9.17) is 4.74 Å². The molecule has 2 nitrogen and oxygen atoms in total. The van der Waals surface area contributed by atoms with Gasteiger partial charge in [0.1, 0.15) is 0 Å². The highest BCUT2D eigenvalue weighted by Gasteiger charge is 2.30. The average Bonchev–Trinajstić information content (AvgIpc) is 2.89. The molecule has 0 heterocycles. The summed E-state index contributed by atoms with van der Waals surface area (Å²) in [6.07, 6.45) is 4.08. The van der Waals surface area contributed by atoms with Crippen LogP contribution in [-0.2, 0) is 4.74 Å². The lowest BCUT2D eigenvalue weighted by Gasteiger charge is -2.28. The molecule has 1 rings (SSSR count). The van der Waals surface area contributed by atoms with Gasteiger partial charge in [-0.15, -0.1) is 0 Å². The van der Waals surface area contributed by atoms with Crippen molar-refractivity contribution >= 4 is 0 Å².